The van der Waals surface area contributed by atoms with Gasteiger partial charge in [-0.05, 0) is 73.4 Å². The van der Waals surface area contributed by atoms with Crippen LogP contribution in [0.5, 0.6) is 5.75 Å². The number of allylic oxidation sites excluding steroid dienone is 2. The predicted molar refractivity (Wildman–Crippen MR) is 168 cm³/mol. The van der Waals surface area contributed by atoms with E-state index >= 15 is 0 Å². The Morgan fingerprint density at radius 1 is 0.881 bits per heavy atom. The summed E-state index contributed by atoms with van der Waals surface area (Å²) in [5.41, 5.74) is 7.48. The molecule has 2 N–H and O–H groups in total. The zero-order chi connectivity index (χ0) is 28.9. The molecular weight excluding hydrogens is 520 g/mol. The summed E-state index contributed by atoms with van der Waals surface area (Å²) in [6.07, 6.45) is 6.06. The van der Waals surface area contributed by atoms with Crippen LogP contribution >= 0.6 is 0 Å². The Morgan fingerprint density at radius 3 is 2.31 bits per heavy atom. The maximum absolute atomic E-state index is 13.1. The minimum Gasteiger partial charge on any atom is -0.508 e. The third-order valence-electron chi connectivity index (χ3n) is 7.87. The van der Waals surface area contributed by atoms with E-state index in [-0.39, 0.29) is 17.6 Å². The normalized spacial score (nSPS) is 14.8. The van der Waals surface area contributed by atoms with Gasteiger partial charge in [0, 0.05) is 28.8 Å². The molecule has 4 aromatic carbocycles. The van der Waals surface area contributed by atoms with Gasteiger partial charge in [0.25, 0.3) is 5.91 Å². The zero-order valence-electron chi connectivity index (χ0n) is 23.7. The number of nitrogens with one attached hydrogen (secondary N) is 1. The monoisotopic (exact) mass is 554 g/mol. The lowest BCUT2D eigenvalue weighted by atomic mass is 9.80. The quantitative estimate of drug-likeness (QED) is 0.201. The topological polar surface area (TPSA) is 75.4 Å². The summed E-state index contributed by atoms with van der Waals surface area (Å²) in [4.78, 5) is 18.3. The molecule has 0 bridgehead atoms. The minimum atomic E-state index is -0.102. The summed E-state index contributed by atoms with van der Waals surface area (Å²) in [5.74, 6) is 1.69. The van der Waals surface area contributed by atoms with Crippen LogP contribution in [0.25, 0.3) is 39.3 Å². The summed E-state index contributed by atoms with van der Waals surface area (Å²) in [5, 5.41) is 12.9. The maximum atomic E-state index is 13.1. The Morgan fingerprint density at radius 2 is 1.60 bits per heavy atom. The van der Waals surface area contributed by atoms with E-state index < -0.39 is 0 Å². The van der Waals surface area contributed by atoms with Crippen LogP contribution < -0.4 is 5.32 Å². The smallest absolute Gasteiger partial charge is 0.251 e. The van der Waals surface area contributed by atoms with Crippen molar-refractivity contribution >= 4 is 11.5 Å². The molecule has 1 aliphatic carbocycles. The van der Waals surface area contributed by atoms with E-state index in [1.807, 2.05) is 67.6 Å². The average molecular weight is 555 g/mol. The number of carbonyl (C=O) groups excluding carboxylic acids is 1. The van der Waals surface area contributed by atoms with Gasteiger partial charge in [0.05, 0.1) is 0 Å². The number of amides is 1. The van der Waals surface area contributed by atoms with Crippen LogP contribution in [0.15, 0.2) is 114 Å². The molecule has 0 fully saturated rings. The molecule has 1 atom stereocenters. The molecule has 0 radical (unpaired) electrons. The number of phenolic OH excluding ortho intramolecular Hbond substituents is 1. The summed E-state index contributed by atoms with van der Waals surface area (Å²) in [7, 11) is 0. The second kappa shape index (κ2) is 12.3. The van der Waals surface area contributed by atoms with E-state index in [1.165, 1.54) is 0 Å². The van der Waals surface area contributed by atoms with Gasteiger partial charge in [-0.25, -0.2) is 4.98 Å². The second-order valence-electron chi connectivity index (χ2n) is 10.7. The predicted octanol–water partition coefficient (Wildman–Crippen LogP) is 8.56. The van der Waals surface area contributed by atoms with E-state index in [4.69, 9.17) is 9.40 Å². The molecule has 1 unspecified atom stereocenters. The van der Waals surface area contributed by atoms with Crippen LogP contribution in [0.3, 0.4) is 0 Å². The first-order valence-corrected chi connectivity index (χ1v) is 14.6. The third kappa shape index (κ3) is 5.64. The number of nitrogens with zero attached hydrogens (tertiary/aromatic N) is 1. The molecule has 5 aromatic rings. The van der Waals surface area contributed by atoms with E-state index in [9.17, 15) is 9.90 Å². The third-order valence-corrected chi connectivity index (χ3v) is 7.87. The number of hydrogen-bond acceptors (Lipinski definition) is 4. The SMILES string of the molecule is CCNC(=O)c1cccc(CC2CCCC=C2c2nc(-c3ccccc3)c(-c3ccccc3)o2)c1-c1ccc(O)cc1. The Hall–Kier alpha value is -4.90. The van der Waals surface area contributed by atoms with E-state index in [0.717, 1.165) is 70.5 Å². The molecule has 1 heterocycles. The van der Waals surface area contributed by atoms with Crippen molar-refractivity contribution < 1.29 is 14.3 Å². The number of carbonyl (C=O) groups is 1. The van der Waals surface area contributed by atoms with Crippen LogP contribution in [0, 0.1) is 5.92 Å². The fraction of sp³-hybridized carbons (Fsp3) is 0.189. The fourth-order valence-electron chi connectivity index (χ4n) is 5.89. The largest absolute Gasteiger partial charge is 0.508 e. The number of aromatic hydroxyl groups is 1. The number of hydrogen-bond donors (Lipinski definition) is 2. The number of rotatable bonds is 8. The summed E-state index contributed by atoms with van der Waals surface area (Å²) < 4.78 is 6.61. The molecule has 6 rings (SSSR count). The first-order valence-electron chi connectivity index (χ1n) is 14.6. The van der Waals surface area contributed by atoms with Gasteiger partial charge in [0.15, 0.2) is 5.76 Å². The van der Waals surface area contributed by atoms with Gasteiger partial charge in [0.1, 0.15) is 11.4 Å². The zero-order valence-corrected chi connectivity index (χ0v) is 23.7. The molecule has 1 aromatic heterocycles. The molecule has 0 saturated heterocycles. The molecule has 0 saturated carbocycles. The molecule has 0 aliphatic heterocycles. The maximum Gasteiger partial charge on any atom is 0.251 e. The van der Waals surface area contributed by atoms with Crippen molar-refractivity contribution in [3.8, 4) is 39.5 Å². The highest BCUT2D eigenvalue weighted by molar-refractivity contribution is 6.01. The van der Waals surface area contributed by atoms with Crippen molar-refractivity contribution in [2.45, 2.75) is 32.6 Å². The first-order chi connectivity index (χ1) is 20.6. The lowest BCUT2D eigenvalue weighted by Crippen LogP contribution is -2.24. The van der Waals surface area contributed by atoms with Crippen molar-refractivity contribution in [1.82, 2.24) is 10.3 Å². The standard InChI is InChI=1S/C37H34N2O3/c1-2-38-36(41)32-19-11-17-29(33(32)25-20-22-30(40)23-21-25)24-28-16-9-10-18-31(28)37-39-34(26-12-5-3-6-13-26)35(42-37)27-14-7-4-8-15-27/h3-8,11-15,17-23,28,40H,2,9-10,16,24H2,1H3,(H,38,41). The van der Waals surface area contributed by atoms with Crippen molar-refractivity contribution in [2.24, 2.45) is 5.92 Å². The molecule has 0 spiro atoms. The highest BCUT2D eigenvalue weighted by atomic mass is 16.4. The molecule has 1 aliphatic rings. The van der Waals surface area contributed by atoms with Crippen molar-refractivity contribution in [3.63, 3.8) is 0 Å². The summed E-state index contributed by atoms with van der Waals surface area (Å²) in [6.45, 7) is 2.47. The number of benzene rings is 4. The lowest BCUT2D eigenvalue weighted by molar-refractivity contribution is 0.0956. The van der Waals surface area contributed by atoms with Gasteiger partial charge >= 0.3 is 0 Å². The average Bonchev–Trinajstić information content (AvgIpc) is 3.48. The van der Waals surface area contributed by atoms with Gasteiger partial charge in [-0.2, -0.15) is 0 Å². The number of aromatic nitrogens is 1. The van der Waals surface area contributed by atoms with Gasteiger partial charge in [-0.3, -0.25) is 4.79 Å². The molecule has 42 heavy (non-hydrogen) atoms. The highest BCUT2D eigenvalue weighted by Gasteiger charge is 2.28. The van der Waals surface area contributed by atoms with Gasteiger partial charge in [-0.1, -0.05) is 91.0 Å². The van der Waals surface area contributed by atoms with E-state index in [2.05, 4.69) is 41.7 Å². The Balaban J connectivity index is 1.42. The number of phenols is 1. The van der Waals surface area contributed by atoms with Crippen LogP contribution in [0.4, 0.5) is 0 Å². The molecular formula is C37H34N2O3. The van der Waals surface area contributed by atoms with Crippen molar-refractivity contribution in [1.29, 1.82) is 0 Å². The fourth-order valence-corrected chi connectivity index (χ4v) is 5.89. The molecule has 1 amide bonds. The van der Waals surface area contributed by atoms with E-state index in [1.54, 1.807) is 12.1 Å². The Bertz CT molecular complexity index is 1650. The minimum absolute atomic E-state index is 0.102. The van der Waals surface area contributed by atoms with E-state index in [0.29, 0.717) is 18.0 Å². The summed E-state index contributed by atoms with van der Waals surface area (Å²) >= 11 is 0. The van der Waals surface area contributed by atoms with Gasteiger partial charge in [-0.15, -0.1) is 0 Å². The highest BCUT2D eigenvalue weighted by Crippen LogP contribution is 2.41. The van der Waals surface area contributed by atoms with Crippen LogP contribution in [0.1, 0.15) is 48.0 Å². The lowest BCUT2D eigenvalue weighted by Gasteiger charge is -2.24. The summed E-state index contributed by atoms with van der Waals surface area (Å²) in [6, 6.07) is 33.4. The molecule has 5 heteroatoms. The first kappa shape index (κ1) is 27.3. The van der Waals surface area contributed by atoms with Crippen LogP contribution in [0.2, 0.25) is 0 Å². The number of oxazole rings is 1. The van der Waals surface area contributed by atoms with Crippen molar-refractivity contribution in [2.75, 3.05) is 6.54 Å². The Labute approximate surface area is 246 Å². The van der Waals surface area contributed by atoms with Crippen molar-refractivity contribution in [3.05, 3.63) is 126 Å². The second-order valence-corrected chi connectivity index (χ2v) is 10.7. The van der Waals surface area contributed by atoms with Gasteiger partial charge < -0.3 is 14.8 Å². The molecule has 5 nitrogen and oxygen atoms in total. The molecule has 210 valence electrons. The Kier molecular flexibility index (Phi) is 8.00. The van der Waals surface area contributed by atoms with Crippen LogP contribution in [-0.2, 0) is 6.42 Å². The van der Waals surface area contributed by atoms with Crippen LogP contribution in [-0.4, -0.2) is 22.5 Å². The van der Waals surface area contributed by atoms with Gasteiger partial charge in [0.2, 0.25) is 5.89 Å².